The molecule has 0 amide bonds. The van der Waals surface area contributed by atoms with Crippen LogP contribution in [-0.2, 0) is 9.53 Å². The number of carbonyl (C=O) groups is 1. The zero-order valence-corrected chi connectivity index (χ0v) is 14.6. The predicted octanol–water partition coefficient (Wildman–Crippen LogP) is 4.61. The lowest BCUT2D eigenvalue weighted by Gasteiger charge is -2.60. The zero-order chi connectivity index (χ0) is 15.5. The van der Waals surface area contributed by atoms with Gasteiger partial charge in [0.1, 0.15) is 5.78 Å². The van der Waals surface area contributed by atoms with Crippen LogP contribution in [0.2, 0.25) is 0 Å². The molecule has 0 aromatic rings. The second-order valence-corrected chi connectivity index (χ2v) is 9.25. The number of hydrogen-bond donors (Lipinski definition) is 0. The van der Waals surface area contributed by atoms with Crippen molar-refractivity contribution in [3.63, 3.8) is 0 Å². The first-order chi connectivity index (χ1) is 10.5. The molecule has 0 saturated heterocycles. The molecule has 0 aliphatic heterocycles. The topological polar surface area (TPSA) is 26.3 Å². The van der Waals surface area contributed by atoms with E-state index in [0.717, 1.165) is 37.0 Å². The number of fused-ring (bicyclic) bond motifs is 5. The van der Waals surface area contributed by atoms with Crippen molar-refractivity contribution < 1.29 is 9.53 Å². The first-order valence-corrected chi connectivity index (χ1v) is 9.53. The van der Waals surface area contributed by atoms with Gasteiger partial charge in [-0.1, -0.05) is 13.8 Å². The monoisotopic (exact) mass is 304 g/mol. The predicted molar refractivity (Wildman–Crippen MR) is 87.5 cm³/mol. The van der Waals surface area contributed by atoms with Crippen LogP contribution in [0, 0.1) is 34.5 Å². The molecule has 4 saturated carbocycles. The van der Waals surface area contributed by atoms with Crippen LogP contribution in [-0.4, -0.2) is 19.0 Å². The standard InChI is InChI=1S/C20H32O2/c1-19-10-8-14(21)12-13(19)4-5-15-16-6-7-18(22-3)20(16,2)11-9-17(15)19/h13,15-18H,4-12H2,1-3H3/t13-,15-,16-,17-,18-,19-,20-/m1/s1. The van der Waals surface area contributed by atoms with Crippen molar-refractivity contribution in [2.24, 2.45) is 34.5 Å². The molecule has 0 N–H and O–H groups in total. The second-order valence-electron chi connectivity index (χ2n) is 9.25. The van der Waals surface area contributed by atoms with Gasteiger partial charge < -0.3 is 4.74 Å². The van der Waals surface area contributed by atoms with Gasteiger partial charge in [0, 0.05) is 20.0 Å². The number of carbonyl (C=O) groups excluding carboxylic acids is 1. The highest BCUT2D eigenvalue weighted by atomic mass is 16.5. The molecule has 4 aliphatic rings. The fourth-order valence-electron chi connectivity index (χ4n) is 7.38. The lowest BCUT2D eigenvalue weighted by molar-refractivity contribution is -0.143. The molecule has 4 fully saturated rings. The van der Waals surface area contributed by atoms with Crippen LogP contribution in [0.5, 0.6) is 0 Å². The lowest BCUT2D eigenvalue weighted by Crippen LogP contribution is -2.54. The van der Waals surface area contributed by atoms with E-state index in [9.17, 15) is 4.79 Å². The normalized spacial score (nSPS) is 54.5. The SMILES string of the molecule is CO[C@@H]1CC[C@@H]2[C@H]3CC[C@@H]4CC(=O)CC[C@@]4(C)[C@@H]3CC[C@]21C. The number of ketones is 1. The summed E-state index contributed by atoms with van der Waals surface area (Å²) >= 11 is 0. The van der Waals surface area contributed by atoms with Gasteiger partial charge in [0.05, 0.1) is 6.10 Å². The first-order valence-electron chi connectivity index (χ1n) is 9.53. The Balaban J connectivity index is 1.62. The minimum Gasteiger partial charge on any atom is -0.381 e. The van der Waals surface area contributed by atoms with Crippen molar-refractivity contribution in [2.45, 2.75) is 77.7 Å². The number of hydrogen-bond acceptors (Lipinski definition) is 2. The van der Waals surface area contributed by atoms with Gasteiger partial charge in [0.25, 0.3) is 0 Å². The van der Waals surface area contributed by atoms with E-state index in [-0.39, 0.29) is 0 Å². The maximum Gasteiger partial charge on any atom is 0.133 e. The Labute approximate surface area is 135 Å². The van der Waals surface area contributed by atoms with Crippen molar-refractivity contribution >= 4 is 5.78 Å². The van der Waals surface area contributed by atoms with E-state index in [1.165, 1.54) is 38.5 Å². The van der Waals surface area contributed by atoms with E-state index in [2.05, 4.69) is 13.8 Å². The molecular formula is C20H32O2. The van der Waals surface area contributed by atoms with Crippen LogP contribution < -0.4 is 0 Å². The molecule has 2 heteroatoms. The molecule has 0 spiro atoms. The van der Waals surface area contributed by atoms with Gasteiger partial charge in [0.2, 0.25) is 0 Å². The molecule has 0 radical (unpaired) electrons. The van der Waals surface area contributed by atoms with Gasteiger partial charge in [-0.2, -0.15) is 0 Å². The molecule has 0 bridgehead atoms. The van der Waals surface area contributed by atoms with Crippen LogP contribution in [0.15, 0.2) is 0 Å². The smallest absolute Gasteiger partial charge is 0.133 e. The summed E-state index contributed by atoms with van der Waals surface area (Å²) < 4.78 is 5.86. The third-order valence-electron chi connectivity index (χ3n) is 8.68. The summed E-state index contributed by atoms with van der Waals surface area (Å²) in [7, 11) is 1.91. The van der Waals surface area contributed by atoms with Gasteiger partial charge in [0.15, 0.2) is 0 Å². The molecule has 4 rings (SSSR count). The van der Waals surface area contributed by atoms with Crippen LogP contribution >= 0.6 is 0 Å². The Morgan fingerprint density at radius 3 is 2.50 bits per heavy atom. The third kappa shape index (κ3) is 1.92. The van der Waals surface area contributed by atoms with Crippen molar-refractivity contribution in [1.82, 2.24) is 0 Å². The third-order valence-corrected chi connectivity index (χ3v) is 8.68. The summed E-state index contributed by atoms with van der Waals surface area (Å²) in [6.07, 6.45) is 11.4. The van der Waals surface area contributed by atoms with Gasteiger partial charge in [-0.25, -0.2) is 0 Å². The van der Waals surface area contributed by atoms with E-state index < -0.39 is 0 Å². The number of ether oxygens (including phenoxy) is 1. The quantitative estimate of drug-likeness (QED) is 0.707. The van der Waals surface area contributed by atoms with E-state index in [1.807, 2.05) is 7.11 Å². The van der Waals surface area contributed by atoms with Crippen LogP contribution in [0.4, 0.5) is 0 Å². The highest BCUT2D eigenvalue weighted by Gasteiger charge is 2.60. The fraction of sp³-hybridized carbons (Fsp3) is 0.950. The van der Waals surface area contributed by atoms with Gasteiger partial charge >= 0.3 is 0 Å². The Kier molecular flexibility index (Phi) is 3.49. The van der Waals surface area contributed by atoms with Crippen LogP contribution in [0.25, 0.3) is 0 Å². The highest BCUT2D eigenvalue weighted by Crippen LogP contribution is 2.66. The minimum atomic E-state index is 0.420. The second kappa shape index (κ2) is 5.06. The average Bonchev–Trinajstić information content (AvgIpc) is 2.84. The fourth-order valence-corrected chi connectivity index (χ4v) is 7.38. The van der Waals surface area contributed by atoms with Gasteiger partial charge in [-0.05, 0) is 79.4 Å². The summed E-state index contributed by atoms with van der Waals surface area (Å²) in [6, 6.07) is 0. The zero-order valence-electron chi connectivity index (χ0n) is 14.6. The molecule has 0 heterocycles. The van der Waals surface area contributed by atoms with E-state index in [0.29, 0.717) is 28.6 Å². The van der Waals surface area contributed by atoms with Crippen molar-refractivity contribution in [3.8, 4) is 0 Å². The Bertz CT molecular complexity index is 472. The minimum absolute atomic E-state index is 0.420. The Morgan fingerprint density at radius 1 is 0.955 bits per heavy atom. The Morgan fingerprint density at radius 2 is 1.73 bits per heavy atom. The molecule has 4 aliphatic carbocycles. The number of rotatable bonds is 1. The van der Waals surface area contributed by atoms with Crippen molar-refractivity contribution in [2.75, 3.05) is 7.11 Å². The first kappa shape index (κ1) is 15.2. The molecule has 0 aromatic heterocycles. The maximum absolute atomic E-state index is 11.9. The van der Waals surface area contributed by atoms with Crippen molar-refractivity contribution in [1.29, 1.82) is 0 Å². The number of Topliss-reactive ketones (excluding diaryl/α,β-unsaturated/α-hetero) is 1. The van der Waals surface area contributed by atoms with Crippen molar-refractivity contribution in [3.05, 3.63) is 0 Å². The Hall–Kier alpha value is -0.370. The summed E-state index contributed by atoms with van der Waals surface area (Å²) in [6.45, 7) is 5.04. The molecule has 0 aromatic carbocycles. The molecular weight excluding hydrogens is 272 g/mol. The van der Waals surface area contributed by atoms with E-state index in [4.69, 9.17) is 4.74 Å². The lowest BCUT2D eigenvalue weighted by atomic mass is 9.45. The van der Waals surface area contributed by atoms with Crippen LogP contribution in [0.1, 0.15) is 71.6 Å². The van der Waals surface area contributed by atoms with Crippen LogP contribution in [0.3, 0.4) is 0 Å². The molecule has 7 atom stereocenters. The van der Waals surface area contributed by atoms with E-state index >= 15 is 0 Å². The molecule has 2 nitrogen and oxygen atoms in total. The molecule has 22 heavy (non-hydrogen) atoms. The molecule has 0 unspecified atom stereocenters. The maximum atomic E-state index is 11.9. The largest absolute Gasteiger partial charge is 0.381 e. The van der Waals surface area contributed by atoms with Gasteiger partial charge in [-0.15, -0.1) is 0 Å². The number of methoxy groups -OCH3 is 1. The average molecular weight is 304 g/mol. The summed E-state index contributed by atoms with van der Waals surface area (Å²) in [5, 5.41) is 0. The van der Waals surface area contributed by atoms with Gasteiger partial charge in [-0.3, -0.25) is 4.79 Å². The summed E-state index contributed by atoms with van der Waals surface area (Å²) in [4.78, 5) is 11.9. The molecule has 124 valence electrons. The summed E-state index contributed by atoms with van der Waals surface area (Å²) in [5.41, 5.74) is 0.868. The highest BCUT2D eigenvalue weighted by molar-refractivity contribution is 5.79. The van der Waals surface area contributed by atoms with E-state index in [1.54, 1.807) is 0 Å². The summed E-state index contributed by atoms with van der Waals surface area (Å²) in [5.74, 6) is 3.84.